The Kier molecular flexibility index (Phi) is 3.82. The first-order valence-corrected chi connectivity index (χ1v) is 7.94. The summed E-state index contributed by atoms with van der Waals surface area (Å²) in [5.41, 5.74) is 2.71. The first kappa shape index (κ1) is 13.7. The second kappa shape index (κ2) is 5.59. The highest BCUT2D eigenvalue weighted by Gasteiger charge is 2.14. The van der Waals surface area contributed by atoms with Crippen LogP contribution in [0, 0.1) is 0 Å². The third-order valence-corrected chi connectivity index (χ3v) is 4.12. The lowest BCUT2D eigenvalue weighted by Crippen LogP contribution is -2.12. The Morgan fingerprint density at radius 3 is 2.60 bits per heavy atom. The highest BCUT2D eigenvalue weighted by Crippen LogP contribution is 2.38. The summed E-state index contributed by atoms with van der Waals surface area (Å²) in [6.45, 7) is 0. The van der Waals surface area contributed by atoms with Crippen molar-refractivity contribution in [2.75, 3.05) is 5.32 Å². The maximum Gasteiger partial charge on any atom is 0.255 e. The molecule has 2 aromatic carbocycles. The standard InChI is InChI=1S/C13H7Br2N3OS/c14-8-4-7(5-9(15)6-8)13(19)16-10-2-1-3-11-12(10)18-20-17-11/h1-6H,(H,16,19). The van der Waals surface area contributed by atoms with Crippen molar-refractivity contribution < 1.29 is 4.79 Å². The van der Waals surface area contributed by atoms with E-state index in [4.69, 9.17) is 0 Å². The summed E-state index contributed by atoms with van der Waals surface area (Å²) in [5.74, 6) is -0.187. The van der Waals surface area contributed by atoms with Gasteiger partial charge in [-0.05, 0) is 30.3 Å². The molecule has 0 saturated heterocycles. The van der Waals surface area contributed by atoms with Gasteiger partial charge in [-0.25, -0.2) is 0 Å². The number of nitrogens with one attached hydrogen (secondary N) is 1. The Labute approximate surface area is 135 Å². The summed E-state index contributed by atoms with van der Waals surface area (Å²) in [5, 5.41) is 2.87. The summed E-state index contributed by atoms with van der Waals surface area (Å²) in [6.07, 6.45) is 0. The Bertz CT molecular complexity index is 765. The normalized spacial score (nSPS) is 11.9. The Balaban J connectivity index is 1.90. The molecule has 100 valence electrons. The van der Waals surface area contributed by atoms with Crippen LogP contribution in [-0.4, -0.2) is 5.91 Å². The van der Waals surface area contributed by atoms with E-state index in [0.29, 0.717) is 16.9 Å². The highest BCUT2D eigenvalue weighted by molar-refractivity contribution is 9.11. The van der Waals surface area contributed by atoms with Gasteiger partial charge in [0.15, 0.2) is 0 Å². The first-order valence-electron chi connectivity index (χ1n) is 5.62. The predicted octanol–water partition coefficient (Wildman–Crippen LogP) is 5.19. The van der Waals surface area contributed by atoms with Gasteiger partial charge in [-0.1, -0.05) is 37.9 Å². The van der Waals surface area contributed by atoms with E-state index in [9.17, 15) is 4.79 Å². The largest absolute Gasteiger partial charge is 0.320 e. The third kappa shape index (κ3) is 2.74. The van der Waals surface area contributed by atoms with Crippen LogP contribution in [0.5, 0.6) is 0 Å². The number of halogens is 2. The zero-order valence-electron chi connectivity index (χ0n) is 9.93. The van der Waals surface area contributed by atoms with Gasteiger partial charge < -0.3 is 5.32 Å². The van der Waals surface area contributed by atoms with Gasteiger partial charge in [-0.15, -0.1) is 0 Å². The zero-order chi connectivity index (χ0) is 14.1. The molecule has 0 radical (unpaired) electrons. The lowest BCUT2D eigenvalue weighted by molar-refractivity contribution is 0.102. The predicted molar refractivity (Wildman–Crippen MR) is 87.8 cm³/mol. The topological polar surface area (TPSA) is 53.8 Å². The fourth-order valence-corrected chi connectivity index (χ4v) is 3.63. The van der Waals surface area contributed by atoms with Crippen molar-refractivity contribution in [1.29, 1.82) is 0 Å². The number of amides is 1. The maximum absolute atomic E-state index is 12.3. The van der Waals surface area contributed by atoms with Gasteiger partial charge in [0.1, 0.15) is 11.4 Å². The molecule has 0 bridgehead atoms. The van der Waals surface area contributed by atoms with Crippen LogP contribution < -0.4 is 5.32 Å². The van der Waals surface area contributed by atoms with Crippen LogP contribution in [0.3, 0.4) is 0 Å². The molecule has 0 spiro atoms. The van der Waals surface area contributed by atoms with Crippen molar-refractivity contribution in [3.05, 3.63) is 50.9 Å². The molecule has 2 aromatic rings. The van der Waals surface area contributed by atoms with Crippen molar-refractivity contribution in [2.45, 2.75) is 0 Å². The molecule has 1 aliphatic rings. The number of rotatable bonds is 2. The van der Waals surface area contributed by atoms with Gasteiger partial charge in [0.05, 0.1) is 17.0 Å². The molecule has 1 aliphatic heterocycles. The molecule has 0 unspecified atom stereocenters. The van der Waals surface area contributed by atoms with E-state index in [1.807, 2.05) is 24.3 Å². The quantitative estimate of drug-likeness (QED) is 0.618. The zero-order valence-corrected chi connectivity index (χ0v) is 13.9. The number of hydrogen-bond donors (Lipinski definition) is 1. The van der Waals surface area contributed by atoms with E-state index in [2.05, 4.69) is 45.9 Å². The summed E-state index contributed by atoms with van der Waals surface area (Å²) in [7, 11) is 0. The summed E-state index contributed by atoms with van der Waals surface area (Å²) < 4.78 is 10.0. The minimum atomic E-state index is -0.187. The third-order valence-electron chi connectivity index (χ3n) is 2.66. The minimum Gasteiger partial charge on any atom is -0.320 e. The van der Waals surface area contributed by atoms with E-state index in [1.54, 1.807) is 12.1 Å². The highest BCUT2D eigenvalue weighted by atomic mass is 79.9. The molecule has 1 N–H and O–H groups in total. The molecule has 0 aliphatic carbocycles. The van der Waals surface area contributed by atoms with E-state index < -0.39 is 0 Å². The first-order chi connectivity index (χ1) is 9.63. The van der Waals surface area contributed by atoms with Crippen LogP contribution in [-0.2, 0) is 11.4 Å². The van der Waals surface area contributed by atoms with Gasteiger partial charge in [0.25, 0.3) is 5.91 Å². The molecular weight excluding hydrogens is 406 g/mol. The molecule has 0 saturated carbocycles. The molecule has 0 aromatic heterocycles. The van der Waals surface area contributed by atoms with Crippen LogP contribution in [0.25, 0.3) is 0 Å². The SMILES string of the molecule is O=C(Nc1cccc2c1N=S=N2)c1cc(Br)cc(Br)c1. The number of nitrogens with zero attached hydrogens (tertiary/aromatic N) is 2. The van der Waals surface area contributed by atoms with Gasteiger partial charge in [0.2, 0.25) is 0 Å². The Hall–Kier alpha value is -1.31. The van der Waals surface area contributed by atoms with E-state index >= 15 is 0 Å². The van der Waals surface area contributed by atoms with Crippen molar-refractivity contribution in [3.63, 3.8) is 0 Å². The number of carbonyl (C=O) groups is 1. The van der Waals surface area contributed by atoms with Crippen LogP contribution in [0.1, 0.15) is 10.4 Å². The second-order valence-corrected chi connectivity index (χ2v) is 6.41. The molecule has 1 amide bonds. The molecule has 0 fully saturated rings. The van der Waals surface area contributed by atoms with Crippen molar-refractivity contribution in [1.82, 2.24) is 0 Å². The molecule has 0 atom stereocenters. The number of benzene rings is 2. The molecule has 1 heterocycles. The van der Waals surface area contributed by atoms with Crippen LogP contribution in [0.4, 0.5) is 17.1 Å². The van der Waals surface area contributed by atoms with Crippen LogP contribution in [0.2, 0.25) is 0 Å². The van der Waals surface area contributed by atoms with Gasteiger partial charge >= 0.3 is 0 Å². The smallest absolute Gasteiger partial charge is 0.255 e. The number of carbonyl (C=O) groups excluding carboxylic acids is 1. The van der Waals surface area contributed by atoms with Crippen molar-refractivity contribution in [2.24, 2.45) is 8.73 Å². The molecular formula is C13H7Br2N3OS. The van der Waals surface area contributed by atoms with Crippen LogP contribution >= 0.6 is 31.9 Å². The summed E-state index contributed by atoms with van der Waals surface area (Å²) >= 11 is 7.87. The molecule has 3 rings (SSSR count). The average Bonchev–Trinajstić information content (AvgIpc) is 2.87. The van der Waals surface area contributed by atoms with E-state index in [1.165, 1.54) is 0 Å². The van der Waals surface area contributed by atoms with Crippen LogP contribution in [0.15, 0.2) is 54.1 Å². The fraction of sp³-hybridized carbons (Fsp3) is 0. The van der Waals surface area contributed by atoms with E-state index in [0.717, 1.165) is 26.0 Å². The molecule has 4 nitrogen and oxygen atoms in total. The fourth-order valence-electron chi connectivity index (χ4n) is 1.79. The number of fused-ring (bicyclic) bond motifs is 1. The van der Waals surface area contributed by atoms with Crippen molar-refractivity contribution >= 4 is 66.2 Å². The Morgan fingerprint density at radius 1 is 1.10 bits per heavy atom. The number of anilines is 1. The van der Waals surface area contributed by atoms with Crippen molar-refractivity contribution in [3.8, 4) is 0 Å². The summed E-state index contributed by atoms with van der Waals surface area (Å²) in [6, 6.07) is 10.9. The minimum absolute atomic E-state index is 0.187. The second-order valence-electron chi connectivity index (χ2n) is 4.05. The lowest BCUT2D eigenvalue weighted by atomic mass is 10.2. The summed E-state index contributed by atoms with van der Waals surface area (Å²) in [4.78, 5) is 12.3. The maximum atomic E-state index is 12.3. The van der Waals surface area contributed by atoms with Gasteiger partial charge in [0, 0.05) is 14.5 Å². The van der Waals surface area contributed by atoms with E-state index in [-0.39, 0.29) is 5.91 Å². The van der Waals surface area contributed by atoms with Gasteiger partial charge in [-0.3, -0.25) is 4.79 Å². The molecule has 7 heteroatoms. The van der Waals surface area contributed by atoms with Gasteiger partial charge in [-0.2, -0.15) is 8.73 Å². The number of hydrogen-bond acceptors (Lipinski definition) is 3. The Morgan fingerprint density at radius 2 is 1.85 bits per heavy atom. The average molecular weight is 413 g/mol. The lowest BCUT2D eigenvalue weighted by Gasteiger charge is -2.08. The monoisotopic (exact) mass is 411 g/mol. The molecule has 20 heavy (non-hydrogen) atoms.